The molecule has 1 N–H and O–H groups in total. The SMILES string of the molecule is CCC(C)c1ccc(C(O)(c2ccccc2)c2ccccc2)cc1. The lowest BCUT2D eigenvalue weighted by atomic mass is 9.80. The van der Waals surface area contributed by atoms with Gasteiger partial charge in [-0.3, -0.25) is 0 Å². The average Bonchev–Trinajstić information content (AvgIpc) is 2.68. The van der Waals surface area contributed by atoms with Gasteiger partial charge >= 0.3 is 0 Å². The zero-order valence-corrected chi connectivity index (χ0v) is 14.3. The second-order valence-electron chi connectivity index (χ2n) is 6.37. The van der Waals surface area contributed by atoms with Gasteiger partial charge in [0.05, 0.1) is 0 Å². The minimum absolute atomic E-state index is 0.528. The highest BCUT2D eigenvalue weighted by Crippen LogP contribution is 2.37. The lowest BCUT2D eigenvalue weighted by molar-refractivity contribution is 0.125. The molecule has 0 fully saturated rings. The van der Waals surface area contributed by atoms with Crippen molar-refractivity contribution in [3.8, 4) is 0 Å². The molecule has 122 valence electrons. The Morgan fingerprint density at radius 2 is 1.12 bits per heavy atom. The first kappa shape index (κ1) is 16.5. The van der Waals surface area contributed by atoms with Crippen molar-refractivity contribution in [1.82, 2.24) is 0 Å². The van der Waals surface area contributed by atoms with Crippen LogP contribution in [0.25, 0.3) is 0 Å². The molecule has 3 aromatic carbocycles. The molecule has 3 aromatic rings. The zero-order valence-electron chi connectivity index (χ0n) is 14.3. The van der Waals surface area contributed by atoms with E-state index in [9.17, 15) is 5.11 Å². The first-order valence-electron chi connectivity index (χ1n) is 8.60. The van der Waals surface area contributed by atoms with Crippen LogP contribution in [0, 0.1) is 0 Å². The third-order valence-electron chi connectivity index (χ3n) is 4.89. The summed E-state index contributed by atoms with van der Waals surface area (Å²) in [6.45, 7) is 4.43. The van der Waals surface area contributed by atoms with E-state index in [1.54, 1.807) is 0 Å². The van der Waals surface area contributed by atoms with E-state index in [1.165, 1.54) is 5.56 Å². The second-order valence-corrected chi connectivity index (χ2v) is 6.37. The molecular weight excluding hydrogens is 292 g/mol. The van der Waals surface area contributed by atoms with E-state index in [1.807, 2.05) is 60.7 Å². The third kappa shape index (κ3) is 3.00. The highest BCUT2D eigenvalue weighted by molar-refractivity contribution is 5.47. The molecule has 0 aliphatic heterocycles. The van der Waals surface area contributed by atoms with Crippen molar-refractivity contribution in [2.24, 2.45) is 0 Å². The van der Waals surface area contributed by atoms with Gasteiger partial charge in [-0.25, -0.2) is 0 Å². The van der Waals surface area contributed by atoms with Gasteiger partial charge in [-0.2, -0.15) is 0 Å². The zero-order chi connectivity index (χ0) is 17.0. The fraction of sp³-hybridized carbons (Fsp3) is 0.217. The van der Waals surface area contributed by atoms with Gasteiger partial charge < -0.3 is 5.11 Å². The number of rotatable bonds is 5. The molecule has 1 unspecified atom stereocenters. The maximum atomic E-state index is 11.7. The van der Waals surface area contributed by atoms with Gasteiger partial charge in [0.1, 0.15) is 5.60 Å². The Kier molecular flexibility index (Phi) is 4.82. The molecule has 0 heterocycles. The molecule has 0 saturated heterocycles. The molecule has 0 aromatic heterocycles. The lowest BCUT2D eigenvalue weighted by Crippen LogP contribution is -2.28. The molecule has 0 aliphatic carbocycles. The normalized spacial score (nSPS) is 12.8. The summed E-state index contributed by atoms with van der Waals surface area (Å²) >= 11 is 0. The van der Waals surface area contributed by atoms with Crippen LogP contribution in [0.5, 0.6) is 0 Å². The van der Waals surface area contributed by atoms with E-state index in [0.29, 0.717) is 5.92 Å². The third-order valence-corrected chi connectivity index (χ3v) is 4.89. The average molecular weight is 316 g/mol. The van der Waals surface area contributed by atoms with Crippen LogP contribution in [0.1, 0.15) is 48.4 Å². The fourth-order valence-corrected chi connectivity index (χ4v) is 3.15. The van der Waals surface area contributed by atoms with Crippen LogP contribution >= 0.6 is 0 Å². The van der Waals surface area contributed by atoms with Crippen LogP contribution in [-0.2, 0) is 5.60 Å². The molecule has 3 rings (SSSR count). The number of aliphatic hydroxyl groups is 1. The van der Waals surface area contributed by atoms with Crippen LogP contribution in [0.2, 0.25) is 0 Å². The van der Waals surface area contributed by atoms with Gasteiger partial charge in [-0.15, -0.1) is 0 Å². The quantitative estimate of drug-likeness (QED) is 0.618. The standard InChI is InChI=1S/C23H24O/c1-3-18(2)19-14-16-22(17-15-19)23(24,20-10-6-4-7-11-20)21-12-8-5-9-13-21/h4-18,24H,3H2,1-2H3. The number of benzene rings is 3. The van der Waals surface area contributed by atoms with Crippen molar-refractivity contribution in [2.75, 3.05) is 0 Å². The molecule has 0 amide bonds. The van der Waals surface area contributed by atoms with E-state index in [0.717, 1.165) is 23.1 Å². The smallest absolute Gasteiger partial charge is 0.140 e. The van der Waals surface area contributed by atoms with Crippen molar-refractivity contribution in [3.05, 3.63) is 107 Å². The predicted octanol–water partition coefficient (Wildman–Crippen LogP) is 5.48. The van der Waals surface area contributed by atoms with Crippen LogP contribution in [0.15, 0.2) is 84.9 Å². The summed E-state index contributed by atoms with van der Waals surface area (Å²) in [7, 11) is 0. The predicted molar refractivity (Wildman–Crippen MR) is 100 cm³/mol. The van der Waals surface area contributed by atoms with Crippen molar-refractivity contribution in [2.45, 2.75) is 31.8 Å². The number of hydrogen-bond donors (Lipinski definition) is 1. The van der Waals surface area contributed by atoms with Gasteiger partial charge in [0.25, 0.3) is 0 Å². The highest BCUT2D eigenvalue weighted by atomic mass is 16.3. The molecule has 1 heteroatoms. The van der Waals surface area contributed by atoms with Gasteiger partial charge in [-0.05, 0) is 34.6 Å². The lowest BCUT2D eigenvalue weighted by Gasteiger charge is -2.30. The molecule has 0 spiro atoms. The Bertz CT molecular complexity index is 721. The van der Waals surface area contributed by atoms with Crippen molar-refractivity contribution >= 4 is 0 Å². The van der Waals surface area contributed by atoms with E-state index >= 15 is 0 Å². The molecular formula is C23H24O. The highest BCUT2D eigenvalue weighted by Gasteiger charge is 2.33. The Hall–Kier alpha value is -2.38. The van der Waals surface area contributed by atoms with E-state index in [4.69, 9.17) is 0 Å². The first-order chi connectivity index (χ1) is 11.7. The van der Waals surface area contributed by atoms with Gasteiger partial charge in [-0.1, -0.05) is 98.8 Å². The van der Waals surface area contributed by atoms with E-state index < -0.39 is 5.60 Å². The van der Waals surface area contributed by atoms with E-state index in [2.05, 4.69) is 38.1 Å². The summed E-state index contributed by atoms with van der Waals surface area (Å²) in [6, 6.07) is 28.1. The van der Waals surface area contributed by atoms with Crippen LogP contribution in [0.4, 0.5) is 0 Å². The molecule has 1 nitrogen and oxygen atoms in total. The van der Waals surface area contributed by atoms with Crippen molar-refractivity contribution in [3.63, 3.8) is 0 Å². The first-order valence-corrected chi connectivity index (χ1v) is 8.60. The maximum Gasteiger partial charge on any atom is 0.140 e. The molecule has 24 heavy (non-hydrogen) atoms. The second kappa shape index (κ2) is 7.02. The summed E-state index contributed by atoms with van der Waals surface area (Å²) in [5, 5.41) is 11.7. The summed E-state index contributed by atoms with van der Waals surface area (Å²) in [5.74, 6) is 0.528. The van der Waals surface area contributed by atoms with Gasteiger partial charge in [0.2, 0.25) is 0 Å². The van der Waals surface area contributed by atoms with Crippen LogP contribution in [-0.4, -0.2) is 5.11 Å². The fourth-order valence-electron chi connectivity index (χ4n) is 3.15. The molecule has 1 atom stereocenters. The van der Waals surface area contributed by atoms with Crippen LogP contribution < -0.4 is 0 Å². The topological polar surface area (TPSA) is 20.2 Å². The summed E-state index contributed by atoms with van der Waals surface area (Å²) < 4.78 is 0. The van der Waals surface area contributed by atoms with Gasteiger partial charge in [0.15, 0.2) is 0 Å². The van der Waals surface area contributed by atoms with Crippen molar-refractivity contribution < 1.29 is 5.11 Å². The number of hydrogen-bond acceptors (Lipinski definition) is 1. The molecule has 0 saturated carbocycles. The van der Waals surface area contributed by atoms with Gasteiger partial charge in [0, 0.05) is 0 Å². The summed E-state index contributed by atoms with van der Waals surface area (Å²) in [5.41, 5.74) is 2.83. The monoisotopic (exact) mass is 316 g/mol. The molecule has 0 bridgehead atoms. The van der Waals surface area contributed by atoms with E-state index in [-0.39, 0.29) is 0 Å². The largest absolute Gasteiger partial charge is 0.376 e. The minimum Gasteiger partial charge on any atom is -0.376 e. The Labute approximate surface area is 144 Å². The minimum atomic E-state index is -1.14. The summed E-state index contributed by atoms with van der Waals surface area (Å²) in [6.07, 6.45) is 1.11. The summed E-state index contributed by atoms with van der Waals surface area (Å²) in [4.78, 5) is 0. The maximum absolute atomic E-state index is 11.7. The Morgan fingerprint density at radius 3 is 1.54 bits per heavy atom. The Morgan fingerprint density at radius 1 is 0.708 bits per heavy atom. The molecule has 0 radical (unpaired) electrons. The molecule has 0 aliphatic rings. The Balaban J connectivity index is 2.12. The van der Waals surface area contributed by atoms with Crippen molar-refractivity contribution in [1.29, 1.82) is 0 Å². The van der Waals surface area contributed by atoms with Crippen LogP contribution in [0.3, 0.4) is 0 Å².